The number of amides is 1. The summed E-state index contributed by atoms with van der Waals surface area (Å²) in [6, 6.07) is 15.8. The minimum atomic E-state index is 0.00909. The molecule has 0 aliphatic heterocycles. The van der Waals surface area contributed by atoms with Gasteiger partial charge in [0.15, 0.2) is 0 Å². The zero-order valence-corrected chi connectivity index (χ0v) is 14.1. The van der Waals surface area contributed by atoms with Gasteiger partial charge in [-0.3, -0.25) is 4.79 Å². The van der Waals surface area contributed by atoms with Gasteiger partial charge in [-0.05, 0) is 54.8 Å². The summed E-state index contributed by atoms with van der Waals surface area (Å²) in [5.41, 5.74) is 0.837. The normalized spacial score (nSPS) is 10.3. The van der Waals surface area contributed by atoms with Crippen molar-refractivity contribution in [3.8, 4) is 0 Å². The first kappa shape index (κ1) is 15.5. The van der Waals surface area contributed by atoms with Crippen LogP contribution in [0.2, 0.25) is 0 Å². The molecule has 0 aliphatic rings. The van der Waals surface area contributed by atoms with E-state index in [1.807, 2.05) is 54.8 Å². The van der Waals surface area contributed by atoms with Gasteiger partial charge in [0.2, 0.25) is 5.91 Å². The first-order valence-corrected chi connectivity index (χ1v) is 9.00. The SMILES string of the molecule is CSc1ccc(NC(=O)CSc2ccc(Br)cc2)cc1. The van der Waals surface area contributed by atoms with E-state index in [1.54, 1.807) is 11.8 Å². The van der Waals surface area contributed by atoms with Crippen LogP contribution < -0.4 is 5.32 Å². The van der Waals surface area contributed by atoms with Crippen LogP contribution in [0.3, 0.4) is 0 Å². The second-order valence-electron chi connectivity index (χ2n) is 4.02. The molecular formula is C15H14BrNOS2. The number of hydrogen-bond donors (Lipinski definition) is 1. The molecule has 20 heavy (non-hydrogen) atoms. The molecule has 1 amide bonds. The predicted octanol–water partition coefficient (Wildman–Crippen LogP) is 4.90. The molecule has 2 aromatic rings. The van der Waals surface area contributed by atoms with Crippen LogP contribution in [0, 0.1) is 0 Å². The minimum Gasteiger partial charge on any atom is -0.325 e. The topological polar surface area (TPSA) is 29.1 Å². The van der Waals surface area contributed by atoms with Crippen molar-refractivity contribution in [3.63, 3.8) is 0 Å². The number of carbonyl (C=O) groups excluding carboxylic acids is 1. The van der Waals surface area contributed by atoms with Crippen molar-refractivity contribution in [2.45, 2.75) is 9.79 Å². The molecule has 0 bridgehead atoms. The Morgan fingerprint density at radius 3 is 2.25 bits per heavy atom. The highest BCUT2D eigenvalue weighted by Crippen LogP contribution is 2.21. The number of benzene rings is 2. The van der Waals surface area contributed by atoms with Crippen LogP contribution in [0.5, 0.6) is 0 Å². The fraction of sp³-hybridized carbons (Fsp3) is 0.133. The van der Waals surface area contributed by atoms with Crippen molar-refractivity contribution < 1.29 is 4.79 Å². The Hall–Kier alpha value is -0.910. The minimum absolute atomic E-state index is 0.00909. The highest BCUT2D eigenvalue weighted by atomic mass is 79.9. The summed E-state index contributed by atoms with van der Waals surface area (Å²) in [6.45, 7) is 0. The first-order valence-electron chi connectivity index (χ1n) is 5.99. The highest BCUT2D eigenvalue weighted by molar-refractivity contribution is 9.10. The molecular weight excluding hydrogens is 354 g/mol. The average Bonchev–Trinajstić information content (AvgIpc) is 2.47. The molecule has 1 N–H and O–H groups in total. The van der Waals surface area contributed by atoms with Gasteiger partial charge in [-0.2, -0.15) is 0 Å². The molecule has 0 saturated heterocycles. The van der Waals surface area contributed by atoms with Gasteiger partial charge in [0.25, 0.3) is 0 Å². The molecule has 0 saturated carbocycles. The van der Waals surface area contributed by atoms with Crippen molar-refractivity contribution in [1.29, 1.82) is 0 Å². The van der Waals surface area contributed by atoms with Crippen molar-refractivity contribution >= 4 is 51.0 Å². The lowest BCUT2D eigenvalue weighted by atomic mass is 10.3. The summed E-state index contributed by atoms with van der Waals surface area (Å²) in [4.78, 5) is 14.1. The fourth-order valence-corrected chi connectivity index (χ4v) is 2.92. The number of halogens is 1. The highest BCUT2D eigenvalue weighted by Gasteiger charge is 2.04. The van der Waals surface area contributed by atoms with Crippen LogP contribution in [0.15, 0.2) is 62.8 Å². The van der Waals surface area contributed by atoms with E-state index in [4.69, 9.17) is 0 Å². The Bertz CT molecular complexity index is 569. The van der Waals surface area contributed by atoms with E-state index in [2.05, 4.69) is 21.2 Å². The molecule has 0 fully saturated rings. The number of thioether (sulfide) groups is 2. The maximum atomic E-state index is 11.9. The fourth-order valence-electron chi connectivity index (χ4n) is 1.55. The third-order valence-electron chi connectivity index (χ3n) is 2.56. The van der Waals surface area contributed by atoms with Gasteiger partial charge in [-0.15, -0.1) is 23.5 Å². The number of hydrogen-bond acceptors (Lipinski definition) is 3. The number of rotatable bonds is 5. The second kappa shape index (κ2) is 7.76. The van der Waals surface area contributed by atoms with E-state index in [-0.39, 0.29) is 5.91 Å². The van der Waals surface area contributed by atoms with Crippen LogP contribution in [0.1, 0.15) is 0 Å². The quantitative estimate of drug-likeness (QED) is 0.761. The predicted molar refractivity (Wildman–Crippen MR) is 91.7 cm³/mol. The Morgan fingerprint density at radius 1 is 1.05 bits per heavy atom. The monoisotopic (exact) mass is 367 g/mol. The van der Waals surface area contributed by atoms with Crippen molar-refractivity contribution in [2.24, 2.45) is 0 Å². The van der Waals surface area contributed by atoms with Gasteiger partial charge < -0.3 is 5.32 Å². The van der Waals surface area contributed by atoms with Gasteiger partial charge >= 0.3 is 0 Å². The third-order valence-corrected chi connectivity index (χ3v) is 4.84. The van der Waals surface area contributed by atoms with Gasteiger partial charge in [0, 0.05) is 20.0 Å². The smallest absolute Gasteiger partial charge is 0.234 e. The van der Waals surface area contributed by atoms with E-state index < -0.39 is 0 Å². The Kier molecular flexibility index (Phi) is 6.01. The van der Waals surface area contributed by atoms with Crippen LogP contribution in [0.25, 0.3) is 0 Å². The molecule has 0 atom stereocenters. The van der Waals surface area contributed by atoms with Crippen molar-refractivity contribution in [3.05, 3.63) is 53.0 Å². The second-order valence-corrected chi connectivity index (χ2v) is 6.86. The molecule has 2 nitrogen and oxygen atoms in total. The molecule has 2 rings (SSSR count). The van der Waals surface area contributed by atoms with Gasteiger partial charge in [-0.1, -0.05) is 15.9 Å². The van der Waals surface area contributed by atoms with Gasteiger partial charge in [-0.25, -0.2) is 0 Å². The van der Waals surface area contributed by atoms with Crippen LogP contribution in [0.4, 0.5) is 5.69 Å². The van der Waals surface area contributed by atoms with Crippen LogP contribution in [-0.4, -0.2) is 17.9 Å². The lowest BCUT2D eigenvalue weighted by Crippen LogP contribution is -2.13. The zero-order valence-electron chi connectivity index (χ0n) is 10.9. The summed E-state index contributed by atoms with van der Waals surface area (Å²) in [7, 11) is 0. The van der Waals surface area contributed by atoms with Crippen molar-refractivity contribution in [1.82, 2.24) is 0 Å². The van der Waals surface area contributed by atoms with Crippen molar-refractivity contribution in [2.75, 3.05) is 17.3 Å². The molecule has 2 aromatic carbocycles. The molecule has 0 spiro atoms. The van der Waals surface area contributed by atoms with E-state index in [0.717, 1.165) is 15.1 Å². The largest absolute Gasteiger partial charge is 0.325 e. The summed E-state index contributed by atoms with van der Waals surface area (Å²) in [5.74, 6) is 0.418. The molecule has 0 radical (unpaired) electrons. The first-order chi connectivity index (χ1) is 9.67. The standard InChI is InChI=1S/C15H14BrNOS2/c1-19-13-8-4-12(5-9-13)17-15(18)10-20-14-6-2-11(16)3-7-14/h2-9H,10H2,1H3,(H,17,18). The summed E-state index contributed by atoms with van der Waals surface area (Å²) >= 11 is 6.60. The molecule has 0 aromatic heterocycles. The van der Waals surface area contributed by atoms with E-state index in [0.29, 0.717) is 5.75 Å². The number of nitrogens with one attached hydrogen (secondary N) is 1. The Labute approximate surface area is 135 Å². The zero-order chi connectivity index (χ0) is 14.4. The Balaban J connectivity index is 1.84. The molecule has 0 aliphatic carbocycles. The summed E-state index contributed by atoms with van der Waals surface area (Å²) < 4.78 is 1.04. The number of carbonyl (C=O) groups is 1. The molecule has 0 unspecified atom stereocenters. The lowest BCUT2D eigenvalue weighted by molar-refractivity contribution is -0.113. The van der Waals surface area contributed by atoms with Gasteiger partial charge in [0.05, 0.1) is 5.75 Å². The summed E-state index contributed by atoms with van der Waals surface area (Å²) in [5, 5.41) is 2.90. The van der Waals surface area contributed by atoms with E-state index in [1.165, 1.54) is 16.7 Å². The average molecular weight is 368 g/mol. The third kappa shape index (κ3) is 4.89. The van der Waals surface area contributed by atoms with E-state index in [9.17, 15) is 4.79 Å². The van der Waals surface area contributed by atoms with Crippen LogP contribution >= 0.6 is 39.5 Å². The van der Waals surface area contributed by atoms with Gasteiger partial charge in [0.1, 0.15) is 0 Å². The Morgan fingerprint density at radius 2 is 1.65 bits per heavy atom. The summed E-state index contributed by atoms with van der Waals surface area (Å²) in [6.07, 6.45) is 2.03. The lowest BCUT2D eigenvalue weighted by Gasteiger charge is -2.06. The molecule has 104 valence electrons. The van der Waals surface area contributed by atoms with Crippen LogP contribution in [-0.2, 0) is 4.79 Å². The number of anilines is 1. The van der Waals surface area contributed by atoms with E-state index >= 15 is 0 Å². The molecule has 0 heterocycles. The maximum absolute atomic E-state index is 11.9. The maximum Gasteiger partial charge on any atom is 0.234 e. The molecule has 5 heteroatoms.